The van der Waals surface area contributed by atoms with E-state index in [2.05, 4.69) is 24.1 Å². The molecule has 1 saturated heterocycles. The number of nitrogens with one attached hydrogen (secondary N) is 1. The van der Waals surface area contributed by atoms with Gasteiger partial charge in [-0.3, -0.25) is 4.79 Å². The van der Waals surface area contributed by atoms with Crippen LogP contribution < -0.4 is 5.32 Å². The molecule has 0 aromatic carbocycles. The molecule has 0 radical (unpaired) electrons. The fourth-order valence-electron chi connectivity index (χ4n) is 3.49. The molecule has 3 nitrogen and oxygen atoms in total. The fraction of sp³-hybridized carbons (Fsp3) is 0.929. The Morgan fingerprint density at radius 1 is 1.35 bits per heavy atom. The molecule has 0 aromatic heterocycles. The topological polar surface area (TPSA) is 32.3 Å². The highest BCUT2D eigenvalue weighted by Crippen LogP contribution is 2.47. The molecule has 2 aliphatic rings. The van der Waals surface area contributed by atoms with Crippen LogP contribution in [0.15, 0.2) is 0 Å². The number of carbonyl (C=O) groups excluding carboxylic acids is 1. The van der Waals surface area contributed by atoms with E-state index in [1.807, 2.05) is 14.0 Å². The molecule has 2 rings (SSSR count). The van der Waals surface area contributed by atoms with Gasteiger partial charge in [-0.05, 0) is 53.0 Å². The van der Waals surface area contributed by atoms with Crippen molar-refractivity contribution in [3.63, 3.8) is 0 Å². The van der Waals surface area contributed by atoms with E-state index in [0.717, 1.165) is 12.8 Å². The molecule has 1 unspecified atom stereocenters. The third-order valence-electron chi connectivity index (χ3n) is 4.73. The molecule has 1 amide bonds. The number of hydrogen-bond donors (Lipinski definition) is 1. The smallest absolute Gasteiger partial charge is 0.223 e. The van der Waals surface area contributed by atoms with Crippen molar-refractivity contribution < 1.29 is 4.79 Å². The Kier molecular flexibility index (Phi) is 3.23. The second-order valence-electron chi connectivity index (χ2n) is 6.24. The molecular formula is C14H26N2O. The van der Waals surface area contributed by atoms with Gasteiger partial charge in [0.1, 0.15) is 0 Å². The highest BCUT2D eigenvalue weighted by Gasteiger charge is 2.54. The third kappa shape index (κ3) is 2.10. The molecule has 1 aliphatic heterocycles. The number of likely N-dealkylation sites (tertiary alicyclic amines) is 1. The minimum absolute atomic E-state index is 0.0302. The summed E-state index contributed by atoms with van der Waals surface area (Å²) in [5, 5.41) is 3.47. The second-order valence-corrected chi connectivity index (χ2v) is 6.24. The monoisotopic (exact) mass is 238 g/mol. The molecule has 2 fully saturated rings. The summed E-state index contributed by atoms with van der Waals surface area (Å²) >= 11 is 0. The van der Waals surface area contributed by atoms with Gasteiger partial charge >= 0.3 is 0 Å². The minimum Gasteiger partial charge on any atom is -0.333 e. The van der Waals surface area contributed by atoms with Gasteiger partial charge in [-0.1, -0.05) is 6.92 Å². The van der Waals surface area contributed by atoms with Crippen molar-refractivity contribution >= 4 is 5.91 Å². The van der Waals surface area contributed by atoms with Gasteiger partial charge in [0.15, 0.2) is 0 Å². The summed E-state index contributed by atoms with van der Waals surface area (Å²) in [5.74, 6) is 0.321. The first-order valence-electron chi connectivity index (χ1n) is 6.98. The van der Waals surface area contributed by atoms with E-state index < -0.39 is 0 Å². The normalized spacial score (nSPS) is 30.1. The highest BCUT2D eigenvalue weighted by molar-refractivity contribution is 5.77. The summed E-state index contributed by atoms with van der Waals surface area (Å²) in [5.41, 5.74) is 0.255. The van der Waals surface area contributed by atoms with E-state index in [1.165, 1.54) is 19.3 Å². The standard InChI is InChI=1S/C14H26N2O/c1-5-12(17)16-11(14(15-4)9-10-14)7-6-8-13(16,2)3/h11,15H,5-10H2,1-4H3. The Balaban J connectivity index is 2.26. The molecule has 1 saturated carbocycles. The Morgan fingerprint density at radius 2 is 2.00 bits per heavy atom. The van der Waals surface area contributed by atoms with Crippen molar-refractivity contribution in [3.8, 4) is 0 Å². The molecule has 0 aromatic rings. The Morgan fingerprint density at radius 3 is 2.47 bits per heavy atom. The summed E-state index contributed by atoms with van der Waals surface area (Å²) in [6.07, 6.45) is 6.61. The lowest BCUT2D eigenvalue weighted by Gasteiger charge is -2.51. The zero-order valence-electron chi connectivity index (χ0n) is 11.7. The zero-order valence-corrected chi connectivity index (χ0v) is 11.7. The summed E-state index contributed by atoms with van der Waals surface area (Å²) in [6.45, 7) is 6.42. The molecule has 1 atom stereocenters. The lowest BCUT2D eigenvalue weighted by molar-refractivity contribution is -0.144. The van der Waals surface area contributed by atoms with Gasteiger partial charge in [0.2, 0.25) is 5.91 Å². The van der Waals surface area contributed by atoms with Gasteiger partial charge in [0.25, 0.3) is 0 Å². The van der Waals surface area contributed by atoms with Gasteiger partial charge in [0.05, 0.1) is 6.04 Å². The van der Waals surface area contributed by atoms with Crippen LogP contribution in [0.2, 0.25) is 0 Å². The van der Waals surface area contributed by atoms with Crippen LogP contribution in [0.25, 0.3) is 0 Å². The Labute approximate surface area is 105 Å². The van der Waals surface area contributed by atoms with Crippen molar-refractivity contribution in [1.29, 1.82) is 0 Å². The van der Waals surface area contributed by atoms with E-state index in [0.29, 0.717) is 18.4 Å². The van der Waals surface area contributed by atoms with Crippen molar-refractivity contribution in [2.24, 2.45) is 0 Å². The SMILES string of the molecule is CCC(=O)N1C(C2(NC)CC2)CCCC1(C)C. The molecule has 1 N–H and O–H groups in total. The lowest BCUT2D eigenvalue weighted by Crippen LogP contribution is -2.62. The molecule has 0 spiro atoms. The van der Waals surface area contributed by atoms with E-state index in [1.54, 1.807) is 0 Å². The molecule has 3 heteroatoms. The van der Waals surface area contributed by atoms with Crippen molar-refractivity contribution in [2.75, 3.05) is 7.05 Å². The predicted molar refractivity (Wildman–Crippen MR) is 69.9 cm³/mol. The van der Waals surface area contributed by atoms with Crippen molar-refractivity contribution in [3.05, 3.63) is 0 Å². The van der Waals surface area contributed by atoms with Crippen LogP contribution in [-0.2, 0) is 4.79 Å². The quantitative estimate of drug-likeness (QED) is 0.818. The molecular weight excluding hydrogens is 212 g/mol. The van der Waals surface area contributed by atoms with Crippen LogP contribution >= 0.6 is 0 Å². The Bertz CT molecular complexity index is 307. The largest absolute Gasteiger partial charge is 0.333 e. The van der Waals surface area contributed by atoms with Crippen LogP contribution in [0.3, 0.4) is 0 Å². The maximum atomic E-state index is 12.3. The number of piperidine rings is 1. The lowest BCUT2D eigenvalue weighted by atomic mass is 9.82. The predicted octanol–water partition coefficient (Wildman–Crippen LogP) is 2.31. The summed E-state index contributed by atoms with van der Waals surface area (Å²) in [6, 6.07) is 0.406. The summed E-state index contributed by atoms with van der Waals surface area (Å²) in [4.78, 5) is 14.5. The molecule has 0 bridgehead atoms. The first kappa shape index (κ1) is 12.9. The molecule has 98 valence electrons. The maximum Gasteiger partial charge on any atom is 0.223 e. The molecule has 17 heavy (non-hydrogen) atoms. The number of carbonyl (C=O) groups is 1. The van der Waals surface area contributed by atoms with Crippen LogP contribution in [0, 0.1) is 0 Å². The van der Waals surface area contributed by atoms with E-state index in [9.17, 15) is 4.79 Å². The van der Waals surface area contributed by atoms with E-state index in [-0.39, 0.29) is 11.1 Å². The molecule has 1 heterocycles. The second kappa shape index (κ2) is 4.27. The van der Waals surface area contributed by atoms with Gasteiger partial charge < -0.3 is 10.2 Å². The number of nitrogens with zero attached hydrogens (tertiary/aromatic N) is 1. The van der Waals surface area contributed by atoms with Crippen LogP contribution in [0.4, 0.5) is 0 Å². The number of amides is 1. The first-order chi connectivity index (χ1) is 7.97. The van der Waals surface area contributed by atoms with E-state index in [4.69, 9.17) is 0 Å². The zero-order chi connectivity index (χ0) is 12.7. The summed E-state index contributed by atoms with van der Waals surface area (Å²) < 4.78 is 0. The van der Waals surface area contributed by atoms with Gasteiger partial charge in [-0.2, -0.15) is 0 Å². The van der Waals surface area contributed by atoms with Gasteiger partial charge in [-0.15, -0.1) is 0 Å². The average Bonchev–Trinajstić information content (AvgIpc) is 3.07. The Hall–Kier alpha value is -0.570. The summed E-state index contributed by atoms with van der Waals surface area (Å²) in [7, 11) is 2.04. The van der Waals surface area contributed by atoms with Crippen LogP contribution in [-0.4, -0.2) is 35.0 Å². The number of hydrogen-bond acceptors (Lipinski definition) is 2. The van der Waals surface area contributed by atoms with Crippen LogP contribution in [0.1, 0.15) is 59.3 Å². The minimum atomic E-state index is 0.0302. The van der Waals surface area contributed by atoms with Crippen molar-refractivity contribution in [1.82, 2.24) is 10.2 Å². The maximum absolute atomic E-state index is 12.3. The number of rotatable bonds is 3. The van der Waals surface area contributed by atoms with E-state index >= 15 is 0 Å². The number of likely N-dealkylation sites (N-methyl/N-ethyl adjacent to an activating group) is 1. The van der Waals surface area contributed by atoms with Gasteiger partial charge in [-0.25, -0.2) is 0 Å². The average molecular weight is 238 g/mol. The molecule has 1 aliphatic carbocycles. The fourth-order valence-corrected chi connectivity index (χ4v) is 3.49. The van der Waals surface area contributed by atoms with Gasteiger partial charge in [0, 0.05) is 17.5 Å². The highest BCUT2D eigenvalue weighted by atomic mass is 16.2. The third-order valence-corrected chi connectivity index (χ3v) is 4.73. The first-order valence-corrected chi connectivity index (χ1v) is 6.98. The van der Waals surface area contributed by atoms with Crippen molar-refractivity contribution in [2.45, 2.75) is 76.4 Å². The van der Waals surface area contributed by atoms with Crippen LogP contribution in [0.5, 0.6) is 0 Å².